The number of aromatic nitrogens is 2. The molecule has 0 radical (unpaired) electrons. The number of amides is 2. The Bertz CT molecular complexity index is 924. The largest absolute Gasteiger partial charge is 0.497 e. The fourth-order valence-corrected chi connectivity index (χ4v) is 3.20. The Hall–Kier alpha value is -3.13. The Kier molecular flexibility index (Phi) is 5.04. The molecule has 2 heterocycles. The van der Waals surface area contributed by atoms with Gasteiger partial charge in [0.25, 0.3) is 11.8 Å². The van der Waals surface area contributed by atoms with Gasteiger partial charge in [-0.2, -0.15) is 5.10 Å². The van der Waals surface area contributed by atoms with Gasteiger partial charge in [-0.05, 0) is 55.8 Å². The molecular weight excluding hydrogens is 352 g/mol. The summed E-state index contributed by atoms with van der Waals surface area (Å²) in [5, 5.41) is 6.79. The number of nitrogens with one attached hydrogen (secondary N) is 3. The van der Waals surface area contributed by atoms with E-state index in [0.29, 0.717) is 10.6 Å². The van der Waals surface area contributed by atoms with Crippen LogP contribution in [0.1, 0.15) is 30.6 Å². The minimum absolute atomic E-state index is 0.245. The number of aryl methyl sites for hydroxylation is 2. The molecule has 0 saturated carbocycles. The van der Waals surface area contributed by atoms with Gasteiger partial charge >= 0.3 is 0 Å². The fraction of sp³-hybridized carbons (Fsp3) is 0.167. The number of hydrogen-bond donors (Lipinski definition) is 3. The predicted molar refractivity (Wildman–Crippen MR) is 99.3 cm³/mol. The Morgan fingerprint density at radius 1 is 1.08 bits per heavy atom. The van der Waals surface area contributed by atoms with Crippen LogP contribution in [-0.4, -0.2) is 29.1 Å². The minimum Gasteiger partial charge on any atom is -0.497 e. The quantitative estimate of drug-likeness (QED) is 0.615. The van der Waals surface area contributed by atoms with Crippen molar-refractivity contribution >= 4 is 23.2 Å². The molecule has 0 unspecified atom stereocenters. The van der Waals surface area contributed by atoms with Crippen molar-refractivity contribution in [2.45, 2.75) is 13.8 Å². The number of methoxy groups -OCH3 is 1. The number of hydrazine groups is 1. The van der Waals surface area contributed by atoms with Gasteiger partial charge in [0.2, 0.25) is 0 Å². The van der Waals surface area contributed by atoms with E-state index in [2.05, 4.69) is 21.0 Å². The lowest BCUT2D eigenvalue weighted by atomic mass is 10.1. The normalized spacial score (nSPS) is 10.4. The average Bonchev–Trinajstić information content (AvgIpc) is 3.27. The molecule has 134 valence electrons. The van der Waals surface area contributed by atoms with Crippen LogP contribution in [0, 0.1) is 13.8 Å². The number of ether oxygens (including phenoxy) is 1. The number of hydrogen-bond acceptors (Lipinski definition) is 5. The molecule has 0 fully saturated rings. The zero-order valence-electron chi connectivity index (χ0n) is 14.5. The highest BCUT2D eigenvalue weighted by Crippen LogP contribution is 2.21. The van der Waals surface area contributed by atoms with Gasteiger partial charge in [0.1, 0.15) is 11.4 Å². The SMILES string of the molecule is COc1ccc(-c2cc(C(=O)NNC(=O)c3cc(C)c(C)s3)[nH]n2)cc1. The van der Waals surface area contributed by atoms with Gasteiger partial charge < -0.3 is 4.74 Å². The smallest absolute Gasteiger partial charge is 0.287 e. The first-order chi connectivity index (χ1) is 12.5. The number of carbonyl (C=O) groups excluding carboxylic acids is 2. The maximum Gasteiger partial charge on any atom is 0.287 e. The molecule has 3 aromatic rings. The molecule has 1 aromatic carbocycles. The molecule has 0 bridgehead atoms. The first-order valence-electron chi connectivity index (χ1n) is 7.85. The zero-order chi connectivity index (χ0) is 18.7. The molecule has 26 heavy (non-hydrogen) atoms. The second kappa shape index (κ2) is 7.40. The third-order valence-corrected chi connectivity index (χ3v) is 5.04. The van der Waals surface area contributed by atoms with Gasteiger partial charge in [0, 0.05) is 10.4 Å². The lowest BCUT2D eigenvalue weighted by Gasteiger charge is -2.04. The molecule has 7 nitrogen and oxygen atoms in total. The number of benzene rings is 1. The van der Waals surface area contributed by atoms with E-state index in [1.54, 1.807) is 19.2 Å². The summed E-state index contributed by atoms with van der Waals surface area (Å²) < 4.78 is 5.12. The summed E-state index contributed by atoms with van der Waals surface area (Å²) in [6.45, 7) is 3.88. The number of thiophene rings is 1. The summed E-state index contributed by atoms with van der Waals surface area (Å²) >= 11 is 1.38. The molecule has 0 aliphatic carbocycles. The van der Waals surface area contributed by atoms with E-state index >= 15 is 0 Å². The van der Waals surface area contributed by atoms with E-state index in [4.69, 9.17) is 4.74 Å². The zero-order valence-corrected chi connectivity index (χ0v) is 15.4. The number of nitrogens with zero attached hydrogens (tertiary/aromatic N) is 1. The molecule has 0 spiro atoms. The van der Waals surface area contributed by atoms with E-state index in [-0.39, 0.29) is 11.6 Å². The lowest BCUT2D eigenvalue weighted by Crippen LogP contribution is -2.41. The van der Waals surface area contributed by atoms with Crippen LogP contribution in [0.4, 0.5) is 0 Å². The van der Waals surface area contributed by atoms with Crippen LogP contribution in [0.2, 0.25) is 0 Å². The Morgan fingerprint density at radius 2 is 1.77 bits per heavy atom. The van der Waals surface area contributed by atoms with Gasteiger partial charge in [-0.15, -0.1) is 11.3 Å². The molecule has 8 heteroatoms. The highest BCUT2D eigenvalue weighted by atomic mass is 32.1. The van der Waals surface area contributed by atoms with Crippen LogP contribution < -0.4 is 15.6 Å². The summed E-state index contributed by atoms with van der Waals surface area (Å²) in [6, 6.07) is 10.7. The monoisotopic (exact) mass is 370 g/mol. The molecule has 0 atom stereocenters. The standard InChI is InChI=1S/C18H18N4O3S/c1-10-8-16(26-11(10)2)18(24)22-21-17(23)15-9-14(19-20-15)12-4-6-13(25-3)7-5-12/h4-9H,1-3H3,(H,19,20)(H,21,23)(H,22,24). The van der Waals surface area contributed by atoms with Gasteiger partial charge in [-0.25, -0.2) is 0 Å². The van der Waals surface area contributed by atoms with Crippen LogP contribution in [-0.2, 0) is 0 Å². The summed E-state index contributed by atoms with van der Waals surface area (Å²) in [6.07, 6.45) is 0. The lowest BCUT2D eigenvalue weighted by molar-refractivity contribution is 0.0846. The van der Waals surface area contributed by atoms with Crippen molar-refractivity contribution in [1.82, 2.24) is 21.0 Å². The van der Waals surface area contributed by atoms with Crippen molar-refractivity contribution in [2.24, 2.45) is 0 Å². The van der Waals surface area contributed by atoms with Gasteiger partial charge in [0.15, 0.2) is 0 Å². The van der Waals surface area contributed by atoms with Gasteiger partial charge in [-0.1, -0.05) is 0 Å². The van der Waals surface area contributed by atoms with E-state index in [1.165, 1.54) is 11.3 Å². The fourth-order valence-electron chi connectivity index (χ4n) is 2.28. The van der Waals surface area contributed by atoms with E-state index in [1.807, 2.05) is 38.1 Å². The molecule has 3 rings (SSSR count). The molecular formula is C18H18N4O3S. The summed E-state index contributed by atoms with van der Waals surface area (Å²) in [5.74, 6) is -0.0888. The number of H-pyrrole nitrogens is 1. The third-order valence-electron chi connectivity index (χ3n) is 3.89. The highest BCUT2D eigenvalue weighted by Gasteiger charge is 2.14. The number of rotatable bonds is 4. The molecule has 3 N–H and O–H groups in total. The number of carbonyl (C=O) groups is 2. The first-order valence-corrected chi connectivity index (χ1v) is 8.67. The van der Waals surface area contributed by atoms with Crippen LogP contribution in [0.25, 0.3) is 11.3 Å². The molecule has 0 aliphatic heterocycles. The van der Waals surface area contributed by atoms with Crippen LogP contribution >= 0.6 is 11.3 Å². The Labute approximate surface area is 154 Å². The molecule has 0 aliphatic rings. The topological polar surface area (TPSA) is 96.1 Å². The van der Waals surface area contributed by atoms with Crippen molar-refractivity contribution in [3.63, 3.8) is 0 Å². The summed E-state index contributed by atoms with van der Waals surface area (Å²) in [4.78, 5) is 25.9. The van der Waals surface area contributed by atoms with Gasteiger partial charge in [-0.3, -0.25) is 25.5 Å². The second-order valence-corrected chi connectivity index (χ2v) is 6.91. The summed E-state index contributed by atoms with van der Waals surface area (Å²) in [7, 11) is 1.60. The van der Waals surface area contributed by atoms with Crippen molar-refractivity contribution < 1.29 is 14.3 Å². The van der Waals surface area contributed by atoms with Gasteiger partial charge in [0.05, 0.1) is 17.7 Å². The third kappa shape index (κ3) is 3.75. The van der Waals surface area contributed by atoms with Crippen molar-refractivity contribution in [3.8, 4) is 17.0 Å². The second-order valence-electron chi connectivity index (χ2n) is 5.65. The highest BCUT2D eigenvalue weighted by molar-refractivity contribution is 7.14. The van der Waals surface area contributed by atoms with Crippen LogP contribution in [0.15, 0.2) is 36.4 Å². The van der Waals surface area contributed by atoms with Crippen molar-refractivity contribution in [3.05, 3.63) is 57.4 Å². The molecule has 2 aromatic heterocycles. The number of aromatic amines is 1. The maximum atomic E-state index is 12.2. The molecule has 2 amide bonds. The predicted octanol–water partition coefficient (Wildman–Crippen LogP) is 2.84. The Morgan fingerprint density at radius 3 is 2.38 bits per heavy atom. The average molecular weight is 370 g/mol. The van der Waals surface area contributed by atoms with E-state index < -0.39 is 5.91 Å². The van der Waals surface area contributed by atoms with Crippen molar-refractivity contribution in [1.29, 1.82) is 0 Å². The van der Waals surface area contributed by atoms with Crippen LogP contribution in [0.5, 0.6) is 5.75 Å². The maximum absolute atomic E-state index is 12.2. The van der Waals surface area contributed by atoms with E-state index in [9.17, 15) is 9.59 Å². The van der Waals surface area contributed by atoms with Crippen molar-refractivity contribution in [2.75, 3.05) is 7.11 Å². The minimum atomic E-state index is -0.476. The first kappa shape index (κ1) is 17.7. The molecule has 0 saturated heterocycles. The summed E-state index contributed by atoms with van der Waals surface area (Å²) in [5.41, 5.74) is 7.55. The Balaban J connectivity index is 1.63. The van der Waals surface area contributed by atoms with E-state index in [0.717, 1.165) is 21.8 Å². The van der Waals surface area contributed by atoms with Crippen LogP contribution in [0.3, 0.4) is 0 Å².